The lowest BCUT2D eigenvalue weighted by Gasteiger charge is -2.09. The van der Waals surface area contributed by atoms with E-state index >= 15 is 0 Å². The Morgan fingerprint density at radius 3 is 2.56 bits per heavy atom. The number of likely N-dealkylation sites (tertiary alicyclic amines) is 1. The summed E-state index contributed by atoms with van der Waals surface area (Å²) in [5, 5.41) is 8.56. The predicted octanol–water partition coefficient (Wildman–Crippen LogP) is 0.850. The summed E-state index contributed by atoms with van der Waals surface area (Å²) in [5.41, 5.74) is 0. The van der Waals surface area contributed by atoms with Crippen LogP contribution in [0, 0.1) is 17.2 Å². The van der Waals surface area contributed by atoms with E-state index in [0.717, 1.165) is 13.0 Å². The van der Waals surface area contributed by atoms with Gasteiger partial charge in [-0.15, -0.1) is 0 Å². The third kappa shape index (κ3) is 1.22. The van der Waals surface area contributed by atoms with Crippen molar-refractivity contribution in [3.05, 3.63) is 0 Å². The van der Waals surface area contributed by atoms with Crippen LogP contribution in [0.4, 0.5) is 0 Å². The molecule has 0 radical (unpaired) electrons. The van der Waals surface area contributed by atoms with E-state index in [2.05, 4.69) is 17.9 Å². The van der Waals surface area contributed by atoms with Crippen LogP contribution in [0.3, 0.4) is 0 Å². The lowest BCUT2D eigenvalue weighted by molar-refractivity contribution is 0.356. The smallest absolute Gasteiger partial charge is 0.0978 e. The molecule has 1 fully saturated rings. The van der Waals surface area contributed by atoms with Crippen molar-refractivity contribution < 1.29 is 0 Å². The fourth-order valence-electron chi connectivity index (χ4n) is 1.41. The molecule has 1 aliphatic rings. The Morgan fingerprint density at radius 2 is 2.33 bits per heavy atom. The van der Waals surface area contributed by atoms with Gasteiger partial charge in [0.2, 0.25) is 0 Å². The van der Waals surface area contributed by atoms with Crippen LogP contribution in [-0.2, 0) is 0 Å². The summed E-state index contributed by atoms with van der Waals surface area (Å²) >= 11 is 0. The van der Waals surface area contributed by atoms with E-state index in [9.17, 15) is 0 Å². The monoisotopic (exact) mass is 124 g/mol. The van der Waals surface area contributed by atoms with Crippen LogP contribution < -0.4 is 0 Å². The van der Waals surface area contributed by atoms with E-state index in [0.29, 0.717) is 5.92 Å². The summed E-state index contributed by atoms with van der Waals surface area (Å²) in [6.07, 6.45) is 1.05. The van der Waals surface area contributed by atoms with Crippen molar-refractivity contribution in [1.29, 1.82) is 5.26 Å². The molecule has 2 heteroatoms. The normalized spacial score (nSPS) is 36.6. The van der Waals surface area contributed by atoms with Crippen LogP contribution in [0.2, 0.25) is 0 Å². The van der Waals surface area contributed by atoms with Gasteiger partial charge in [0.25, 0.3) is 0 Å². The molecular formula is C7H12N2. The van der Waals surface area contributed by atoms with Crippen molar-refractivity contribution in [1.82, 2.24) is 4.90 Å². The van der Waals surface area contributed by atoms with Gasteiger partial charge < -0.3 is 0 Å². The molecule has 0 saturated carbocycles. The van der Waals surface area contributed by atoms with Crippen molar-refractivity contribution in [3.8, 4) is 6.07 Å². The second-order valence-electron chi connectivity index (χ2n) is 2.93. The lowest BCUT2D eigenvalue weighted by Crippen LogP contribution is -2.22. The van der Waals surface area contributed by atoms with Gasteiger partial charge in [-0.3, -0.25) is 4.90 Å². The fourth-order valence-corrected chi connectivity index (χ4v) is 1.41. The molecule has 2 nitrogen and oxygen atoms in total. The summed E-state index contributed by atoms with van der Waals surface area (Å²) in [6.45, 7) is 3.27. The maximum absolute atomic E-state index is 8.56. The van der Waals surface area contributed by atoms with Crippen LogP contribution in [0.5, 0.6) is 0 Å². The Balaban J connectivity index is 2.50. The third-order valence-electron chi connectivity index (χ3n) is 1.91. The highest BCUT2D eigenvalue weighted by atomic mass is 15.1. The highest BCUT2D eigenvalue weighted by Gasteiger charge is 2.25. The zero-order valence-electron chi connectivity index (χ0n) is 5.96. The molecule has 0 amide bonds. The zero-order chi connectivity index (χ0) is 6.85. The molecule has 2 atom stereocenters. The topological polar surface area (TPSA) is 27.0 Å². The molecular weight excluding hydrogens is 112 g/mol. The summed E-state index contributed by atoms with van der Waals surface area (Å²) in [5.74, 6) is 0.708. The standard InChI is InChI=1S/C7H12N2/c1-6-3-7(4-8)9(2)5-6/h6-7H,3,5H2,1-2H3/t6-,7-/m0/s1. The number of nitriles is 1. The molecule has 0 aromatic rings. The van der Waals surface area contributed by atoms with Crippen LogP contribution in [0.25, 0.3) is 0 Å². The summed E-state index contributed by atoms with van der Waals surface area (Å²) in [6, 6.07) is 2.45. The molecule has 50 valence electrons. The van der Waals surface area contributed by atoms with E-state index in [1.807, 2.05) is 7.05 Å². The van der Waals surface area contributed by atoms with E-state index in [1.54, 1.807) is 0 Å². The molecule has 1 saturated heterocycles. The number of rotatable bonds is 0. The van der Waals surface area contributed by atoms with Gasteiger partial charge in [0.15, 0.2) is 0 Å². The summed E-state index contributed by atoms with van der Waals surface area (Å²) < 4.78 is 0. The molecule has 1 rings (SSSR count). The number of nitrogens with zero attached hydrogens (tertiary/aromatic N) is 2. The van der Waals surface area contributed by atoms with Crippen LogP contribution >= 0.6 is 0 Å². The first-order valence-corrected chi connectivity index (χ1v) is 3.34. The zero-order valence-corrected chi connectivity index (χ0v) is 5.96. The molecule has 0 aromatic heterocycles. The summed E-state index contributed by atoms with van der Waals surface area (Å²) in [7, 11) is 2.01. The van der Waals surface area contributed by atoms with Crippen molar-refractivity contribution in [2.75, 3.05) is 13.6 Å². The third-order valence-corrected chi connectivity index (χ3v) is 1.91. The fraction of sp³-hybridized carbons (Fsp3) is 0.857. The van der Waals surface area contributed by atoms with Gasteiger partial charge in [0.05, 0.1) is 12.1 Å². The van der Waals surface area contributed by atoms with E-state index in [1.165, 1.54) is 0 Å². The quantitative estimate of drug-likeness (QED) is 0.478. The van der Waals surface area contributed by atoms with Crippen molar-refractivity contribution >= 4 is 0 Å². The van der Waals surface area contributed by atoms with E-state index < -0.39 is 0 Å². The minimum absolute atomic E-state index is 0.181. The molecule has 0 aliphatic carbocycles. The first-order valence-electron chi connectivity index (χ1n) is 3.34. The van der Waals surface area contributed by atoms with Gasteiger partial charge in [-0.2, -0.15) is 5.26 Å². The second-order valence-corrected chi connectivity index (χ2v) is 2.93. The van der Waals surface area contributed by atoms with E-state index in [-0.39, 0.29) is 6.04 Å². The van der Waals surface area contributed by atoms with Crippen molar-refractivity contribution in [2.24, 2.45) is 5.92 Å². The minimum atomic E-state index is 0.181. The lowest BCUT2D eigenvalue weighted by atomic mass is 10.1. The Bertz CT molecular complexity index is 136. The highest BCUT2D eigenvalue weighted by molar-refractivity contribution is 4.96. The Hall–Kier alpha value is -0.550. The molecule has 0 bridgehead atoms. The second kappa shape index (κ2) is 2.36. The maximum Gasteiger partial charge on any atom is 0.0978 e. The van der Waals surface area contributed by atoms with Gasteiger partial charge in [0.1, 0.15) is 0 Å². The Labute approximate surface area is 56.1 Å². The first-order chi connectivity index (χ1) is 4.24. The minimum Gasteiger partial charge on any atom is -0.291 e. The van der Waals surface area contributed by atoms with Crippen LogP contribution in [0.15, 0.2) is 0 Å². The average Bonchev–Trinajstić information content (AvgIpc) is 2.10. The molecule has 1 heterocycles. The van der Waals surface area contributed by atoms with Crippen LogP contribution in [-0.4, -0.2) is 24.5 Å². The molecule has 9 heavy (non-hydrogen) atoms. The average molecular weight is 124 g/mol. The van der Waals surface area contributed by atoms with Gasteiger partial charge in [0, 0.05) is 6.54 Å². The van der Waals surface area contributed by atoms with Crippen molar-refractivity contribution in [2.45, 2.75) is 19.4 Å². The van der Waals surface area contributed by atoms with Gasteiger partial charge >= 0.3 is 0 Å². The first kappa shape index (κ1) is 6.57. The summed E-state index contributed by atoms with van der Waals surface area (Å²) in [4.78, 5) is 2.12. The largest absolute Gasteiger partial charge is 0.291 e. The predicted molar refractivity (Wildman–Crippen MR) is 35.8 cm³/mol. The van der Waals surface area contributed by atoms with E-state index in [4.69, 9.17) is 5.26 Å². The molecule has 0 aromatic carbocycles. The maximum atomic E-state index is 8.56. The Morgan fingerprint density at radius 1 is 1.67 bits per heavy atom. The SMILES string of the molecule is C[C@H]1C[C@@H](C#N)N(C)C1. The van der Waals surface area contributed by atoms with Gasteiger partial charge in [-0.25, -0.2) is 0 Å². The number of hydrogen-bond acceptors (Lipinski definition) is 2. The Kier molecular flexibility index (Phi) is 1.73. The van der Waals surface area contributed by atoms with Gasteiger partial charge in [-0.1, -0.05) is 6.92 Å². The molecule has 0 unspecified atom stereocenters. The highest BCUT2D eigenvalue weighted by Crippen LogP contribution is 2.19. The number of hydrogen-bond donors (Lipinski definition) is 0. The molecule has 1 aliphatic heterocycles. The van der Waals surface area contributed by atoms with Crippen LogP contribution in [0.1, 0.15) is 13.3 Å². The van der Waals surface area contributed by atoms with Crippen molar-refractivity contribution in [3.63, 3.8) is 0 Å². The molecule has 0 spiro atoms. The molecule has 0 N–H and O–H groups in total. The van der Waals surface area contributed by atoms with Gasteiger partial charge in [-0.05, 0) is 19.4 Å².